The zero-order valence-corrected chi connectivity index (χ0v) is 42.0. The van der Waals surface area contributed by atoms with Crippen LogP contribution in [0.15, 0.2) is 187 Å². The van der Waals surface area contributed by atoms with E-state index in [0.29, 0.717) is 5.56 Å². The van der Waals surface area contributed by atoms with E-state index in [1.165, 1.54) is 44.3 Å². The van der Waals surface area contributed by atoms with Crippen LogP contribution in [0.1, 0.15) is 79.7 Å². The van der Waals surface area contributed by atoms with E-state index < -0.39 is 11.8 Å². The van der Waals surface area contributed by atoms with E-state index in [1.807, 2.05) is 63.2 Å². The molecule has 1 radical (unpaired) electrons. The molecule has 0 atom stereocenters. The van der Waals surface area contributed by atoms with Crippen molar-refractivity contribution < 1.29 is 27.3 Å². The Balaban J connectivity index is 0.000000257. The number of aromatic nitrogens is 3. The summed E-state index contributed by atoms with van der Waals surface area (Å²) in [4.78, 5) is 9.72. The van der Waals surface area contributed by atoms with Gasteiger partial charge in [-0.25, -0.2) is 0 Å². The second-order valence-electron chi connectivity index (χ2n) is 18.9. The van der Waals surface area contributed by atoms with E-state index in [9.17, 15) is 0 Å². The third kappa shape index (κ3) is 9.09. The van der Waals surface area contributed by atoms with Gasteiger partial charge in [-0.2, -0.15) is 0 Å². The maximum absolute atomic E-state index is 8.21. The van der Waals surface area contributed by atoms with E-state index in [-0.39, 0.29) is 31.9 Å². The van der Waals surface area contributed by atoms with Gasteiger partial charge in [0.25, 0.3) is 0 Å². The second kappa shape index (κ2) is 19.4. The van der Waals surface area contributed by atoms with Crippen LogP contribution in [0.2, 0.25) is 0 Å². The van der Waals surface area contributed by atoms with Gasteiger partial charge in [0.1, 0.15) is 5.58 Å². The third-order valence-corrected chi connectivity index (χ3v) is 12.3. The molecule has 3 aromatic heterocycles. The zero-order valence-electron chi connectivity index (χ0n) is 41.6. The molecule has 5 heteroatoms. The van der Waals surface area contributed by atoms with Gasteiger partial charge in [-0.05, 0) is 109 Å². The summed E-state index contributed by atoms with van der Waals surface area (Å²) in [5, 5.41) is 4.56. The second-order valence-corrected chi connectivity index (χ2v) is 18.9. The van der Waals surface area contributed by atoms with Gasteiger partial charge in [-0.1, -0.05) is 169 Å². The van der Waals surface area contributed by atoms with Gasteiger partial charge in [-0.3, -0.25) is 4.98 Å². The molecule has 0 bridgehead atoms. The maximum Gasteiger partial charge on any atom is 0.122 e. The van der Waals surface area contributed by atoms with Crippen LogP contribution in [0, 0.1) is 17.5 Å². The molecule has 8 aromatic carbocycles. The topological polar surface area (TPSA) is 43.9 Å². The summed E-state index contributed by atoms with van der Waals surface area (Å²) in [5.74, 6) is 1.38. The number of furan rings is 1. The van der Waals surface area contributed by atoms with Gasteiger partial charge in [0.2, 0.25) is 0 Å². The standard InChI is InChI=1S/C47H37N2O.C16H18N.Ir/c1-29(2)38-26-33(31-16-7-5-8-17-31)27-39(30(3)4)45(38)49-42-25-14-13-24-41(42)48-47(49)37-23-15-22-36-44-35-21-12-11-20-34(35)40(28-43(44)50-46(36)37)32-18-9-6-10-19-32;1-16(2,3)11-13-9-10-15(17-12-13)14-7-5-4-6-8-14;/h5-22,24-30H,1-4H3;4-7,9-10,12H,11H2,1-3H3;/q2*-1;/i;11D2;. The van der Waals surface area contributed by atoms with Gasteiger partial charge >= 0.3 is 0 Å². The normalized spacial score (nSPS) is 12.3. The van der Waals surface area contributed by atoms with Crippen molar-refractivity contribution in [3.63, 3.8) is 0 Å². The summed E-state index contributed by atoms with van der Waals surface area (Å²) in [6.45, 7) is 14.8. The molecule has 0 aliphatic rings. The van der Waals surface area contributed by atoms with Crippen molar-refractivity contribution in [1.82, 2.24) is 14.5 Å². The van der Waals surface area contributed by atoms with Crippen LogP contribution in [-0.2, 0) is 26.5 Å². The first kappa shape index (κ1) is 43.6. The number of hydrogen-bond donors (Lipinski definition) is 0. The van der Waals surface area contributed by atoms with E-state index in [4.69, 9.17) is 12.1 Å². The van der Waals surface area contributed by atoms with Crippen LogP contribution < -0.4 is 0 Å². The number of imidazole rings is 1. The average molecular weight is 1060 g/mol. The molecule has 339 valence electrons. The Morgan fingerprint density at radius 1 is 0.632 bits per heavy atom. The van der Waals surface area contributed by atoms with Crippen LogP contribution in [0.3, 0.4) is 0 Å². The van der Waals surface area contributed by atoms with Gasteiger partial charge in [-0.15, -0.1) is 54.1 Å². The minimum atomic E-state index is -1.40. The van der Waals surface area contributed by atoms with E-state index >= 15 is 0 Å². The fourth-order valence-electron chi connectivity index (χ4n) is 9.28. The number of fused-ring (bicyclic) bond motifs is 6. The Morgan fingerprint density at radius 2 is 1.28 bits per heavy atom. The van der Waals surface area contributed by atoms with Crippen molar-refractivity contribution in [2.45, 2.75) is 66.7 Å². The van der Waals surface area contributed by atoms with Crippen molar-refractivity contribution in [2.75, 3.05) is 0 Å². The molecular weight excluding hydrogens is 1010 g/mol. The molecule has 4 nitrogen and oxygen atoms in total. The van der Waals surface area contributed by atoms with Gasteiger partial charge < -0.3 is 14.0 Å². The Kier molecular flexibility index (Phi) is 12.4. The van der Waals surface area contributed by atoms with Gasteiger partial charge in [0, 0.05) is 40.1 Å². The number of pyridine rings is 1. The van der Waals surface area contributed by atoms with E-state index in [0.717, 1.165) is 61.2 Å². The molecule has 0 aliphatic heterocycles. The first-order chi connectivity index (χ1) is 33.3. The molecule has 0 saturated heterocycles. The van der Waals surface area contributed by atoms with Crippen LogP contribution in [0.25, 0.3) is 94.3 Å². The number of para-hydroxylation sites is 2. The SMILES string of the molecule is CC(C)c1cc(-c2ccccc2)cc(C(C)C)c1-n1c(-c2[c-]ccc3c2oc2cc(-c4ccccc4)c4ccccc4c23)nc2ccccc21.[2H]C([2H])(c1ccc(-c2[c-]cccc2)nc1)C(C)(C)C.[Ir]. The van der Waals surface area contributed by atoms with Crippen molar-refractivity contribution in [2.24, 2.45) is 5.41 Å². The van der Waals surface area contributed by atoms with Gasteiger partial charge in [0.15, 0.2) is 0 Å². The Labute approximate surface area is 416 Å². The third-order valence-electron chi connectivity index (χ3n) is 12.3. The minimum absolute atomic E-state index is 0. The minimum Gasteiger partial charge on any atom is -0.500 e. The zero-order chi connectivity index (χ0) is 48.0. The number of hydrogen-bond acceptors (Lipinski definition) is 3. The van der Waals surface area contributed by atoms with Crippen LogP contribution in [0.4, 0.5) is 0 Å². The van der Waals surface area contributed by atoms with Crippen LogP contribution in [-0.4, -0.2) is 14.5 Å². The summed E-state index contributed by atoms with van der Waals surface area (Å²) in [6.07, 6.45) is 0.223. The van der Waals surface area contributed by atoms with Crippen LogP contribution >= 0.6 is 0 Å². The number of nitrogens with zero attached hydrogens (tertiary/aromatic N) is 3. The average Bonchev–Trinajstić information content (AvgIpc) is 3.95. The van der Waals surface area contributed by atoms with E-state index in [1.54, 1.807) is 6.20 Å². The Bertz CT molecular complexity index is 3580. The Morgan fingerprint density at radius 3 is 1.93 bits per heavy atom. The molecule has 0 fully saturated rings. The van der Waals surface area contributed by atoms with Crippen molar-refractivity contribution >= 4 is 43.7 Å². The van der Waals surface area contributed by atoms with E-state index in [2.05, 4.69) is 183 Å². The molecule has 0 aliphatic carbocycles. The molecule has 0 unspecified atom stereocenters. The monoisotopic (exact) mass is 1060 g/mol. The summed E-state index contributed by atoms with van der Waals surface area (Å²) in [6, 6.07) is 67.6. The summed E-state index contributed by atoms with van der Waals surface area (Å²) >= 11 is 0. The fourth-order valence-corrected chi connectivity index (χ4v) is 9.28. The number of benzene rings is 8. The molecule has 0 N–H and O–H groups in total. The van der Waals surface area contributed by atoms with Crippen molar-refractivity contribution in [3.05, 3.63) is 211 Å². The summed E-state index contributed by atoms with van der Waals surface area (Å²) in [5.41, 5.74) is 15.0. The largest absolute Gasteiger partial charge is 0.500 e. The van der Waals surface area contributed by atoms with Crippen molar-refractivity contribution in [1.29, 1.82) is 0 Å². The molecular formula is C63H55IrN3O-2. The first-order valence-corrected chi connectivity index (χ1v) is 23.3. The maximum atomic E-state index is 8.21. The summed E-state index contributed by atoms with van der Waals surface area (Å²) in [7, 11) is 0. The molecule has 11 aromatic rings. The predicted octanol–water partition coefficient (Wildman–Crippen LogP) is 17.3. The summed E-state index contributed by atoms with van der Waals surface area (Å²) < 4.78 is 25.7. The smallest absolute Gasteiger partial charge is 0.122 e. The van der Waals surface area contributed by atoms with Crippen LogP contribution in [0.5, 0.6) is 0 Å². The van der Waals surface area contributed by atoms with Crippen molar-refractivity contribution in [3.8, 4) is 50.6 Å². The molecule has 11 rings (SSSR count). The number of rotatable bonds is 8. The predicted molar refractivity (Wildman–Crippen MR) is 281 cm³/mol. The molecule has 3 heterocycles. The molecule has 68 heavy (non-hydrogen) atoms. The fraction of sp³-hybridized carbons (Fsp3) is 0.175. The molecule has 0 spiro atoms. The quantitative estimate of drug-likeness (QED) is 0.142. The Hall–Kier alpha value is -6.91. The van der Waals surface area contributed by atoms with Gasteiger partial charge in [0.05, 0.1) is 22.4 Å². The first-order valence-electron chi connectivity index (χ1n) is 24.3. The molecule has 0 saturated carbocycles. The molecule has 0 amide bonds.